The molecule has 2 nitrogen and oxygen atoms in total. The van der Waals surface area contributed by atoms with E-state index in [-0.39, 0.29) is 0 Å². The SMILES string of the molecule is CC1(N2CCCCC2)CCCCN1. The van der Waals surface area contributed by atoms with Crippen molar-refractivity contribution in [3.8, 4) is 0 Å². The summed E-state index contributed by atoms with van der Waals surface area (Å²) in [6, 6.07) is 0. The standard InChI is InChI=1S/C11H22N2/c1-11(7-3-4-8-12-11)13-9-5-2-6-10-13/h12H,2-10H2,1H3. The molecule has 2 aliphatic rings. The van der Waals surface area contributed by atoms with Crippen molar-refractivity contribution in [2.24, 2.45) is 0 Å². The Bertz CT molecular complexity index is 155. The van der Waals surface area contributed by atoms with Crippen LogP contribution in [0, 0.1) is 0 Å². The Morgan fingerprint density at radius 3 is 2.38 bits per heavy atom. The minimum absolute atomic E-state index is 0.332. The van der Waals surface area contributed by atoms with Gasteiger partial charge >= 0.3 is 0 Å². The molecule has 2 rings (SSSR count). The van der Waals surface area contributed by atoms with Crippen molar-refractivity contribution in [1.29, 1.82) is 0 Å². The molecular formula is C11H22N2. The predicted molar refractivity (Wildman–Crippen MR) is 55.7 cm³/mol. The van der Waals surface area contributed by atoms with Crippen LogP contribution in [0.5, 0.6) is 0 Å². The first-order chi connectivity index (χ1) is 6.31. The summed E-state index contributed by atoms with van der Waals surface area (Å²) in [5.41, 5.74) is 0.332. The van der Waals surface area contributed by atoms with Crippen molar-refractivity contribution >= 4 is 0 Å². The summed E-state index contributed by atoms with van der Waals surface area (Å²) in [4.78, 5) is 2.66. The molecule has 13 heavy (non-hydrogen) atoms. The Morgan fingerprint density at radius 1 is 1.00 bits per heavy atom. The van der Waals surface area contributed by atoms with Crippen LogP contribution in [0.25, 0.3) is 0 Å². The van der Waals surface area contributed by atoms with Crippen LogP contribution in [0.3, 0.4) is 0 Å². The third-order valence-electron chi connectivity index (χ3n) is 3.65. The first kappa shape index (κ1) is 9.47. The lowest BCUT2D eigenvalue weighted by Gasteiger charge is -2.46. The van der Waals surface area contributed by atoms with E-state index in [1.807, 2.05) is 0 Å². The minimum atomic E-state index is 0.332. The Balaban J connectivity index is 1.94. The lowest BCUT2D eigenvalue weighted by atomic mass is 9.95. The second-order valence-electron chi connectivity index (χ2n) is 4.71. The van der Waals surface area contributed by atoms with Crippen molar-refractivity contribution in [1.82, 2.24) is 10.2 Å². The van der Waals surface area contributed by atoms with Crippen LogP contribution < -0.4 is 5.32 Å². The molecule has 2 aliphatic heterocycles. The molecule has 0 amide bonds. The van der Waals surface area contributed by atoms with E-state index in [2.05, 4.69) is 17.1 Å². The van der Waals surface area contributed by atoms with E-state index in [9.17, 15) is 0 Å². The third kappa shape index (κ3) is 2.05. The maximum atomic E-state index is 3.69. The van der Waals surface area contributed by atoms with Gasteiger partial charge in [-0.1, -0.05) is 6.42 Å². The number of nitrogens with one attached hydrogen (secondary N) is 1. The minimum Gasteiger partial charge on any atom is -0.299 e. The van der Waals surface area contributed by atoms with Gasteiger partial charge < -0.3 is 0 Å². The molecule has 0 saturated carbocycles. The van der Waals surface area contributed by atoms with Gasteiger partial charge in [-0.15, -0.1) is 0 Å². The van der Waals surface area contributed by atoms with Crippen molar-refractivity contribution in [3.05, 3.63) is 0 Å². The van der Waals surface area contributed by atoms with Gasteiger partial charge in [-0.05, 0) is 58.7 Å². The van der Waals surface area contributed by atoms with E-state index in [0.29, 0.717) is 5.66 Å². The Labute approximate surface area is 81.7 Å². The fourth-order valence-corrected chi connectivity index (χ4v) is 2.70. The highest BCUT2D eigenvalue weighted by Crippen LogP contribution is 2.26. The molecule has 1 N–H and O–H groups in total. The normalized spacial score (nSPS) is 37.6. The Hall–Kier alpha value is -0.0800. The van der Waals surface area contributed by atoms with Gasteiger partial charge in [-0.3, -0.25) is 10.2 Å². The smallest absolute Gasteiger partial charge is 0.0683 e. The first-order valence-corrected chi connectivity index (χ1v) is 5.81. The second-order valence-corrected chi connectivity index (χ2v) is 4.71. The van der Waals surface area contributed by atoms with Crippen LogP contribution >= 0.6 is 0 Å². The summed E-state index contributed by atoms with van der Waals surface area (Å²) >= 11 is 0. The number of likely N-dealkylation sites (tertiary alicyclic amines) is 1. The highest BCUT2D eigenvalue weighted by molar-refractivity contribution is 4.88. The molecule has 0 aromatic rings. The largest absolute Gasteiger partial charge is 0.299 e. The molecule has 0 radical (unpaired) electrons. The molecular weight excluding hydrogens is 160 g/mol. The molecule has 0 spiro atoms. The van der Waals surface area contributed by atoms with Crippen LogP contribution in [0.15, 0.2) is 0 Å². The van der Waals surface area contributed by atoms with Crippen molar-refractivity contribution in [3.63, 3.8) is 0 Å². The molecule has 76 valence electrons. The highest BCUT2D eigenvalue weighted by atomic mass is 15.3. The molecule has 1 atom stereocenters. The molecule has 0 aromatic carbocycles. The summed E-state index contributed by atoms with van der Waals surface area (Å²) in [7, 11) is 0. The molecule has 1 unspecified atom stereocenters. The quantitative estimate of drug-likeness (QED) is 0.667. The molecule has 0 aromatic heterocycles. The van der Waals surface area contributed by atoms with E-state index in [1.54, 1.807) is 0 Å². The van der Waals surface area contributed by atoms with E-state index in [0.717, 1.165) is 0 Å². The van der Waals surface area contributed by atoms with Gasteiger partial charge in [0.15, 0.2) is 0 Å². The molecule has 0 aliphatic carbocycles. The summed E-state index contributed by atoms with van der Waals surface area (Å²) in [5.74, 6) is 0. The maximum absolute atomic E-state index is 3.69. The van der Waals surface area contributed by atoms with Crippen LogP contribution in [-0.4, -0.2) is 30.2 Å². The van der Waals surface area contributed by atoms with Crippen molar-refractivity contribution < 1.29 is 0 Å². The molecule has 2 saturated heterocycles. The number of hydrogen-bond donors (Lipinski definition) is 1. The molecule has 2 fully saturated rings. The van der Waals surface area contributed by atoms with Crippen LogP contribution in [0.4, 0.5) is 0 Å². The summed E-state index contributed by atoms with van der Waals surface area (Å²) < 4.78 is 0. The third-order valence-corrected chi connectivity index (χ3v) is 3.65. The van der Waals surface area contributed by atoms with Gasteiger partial charge in [0, 0.05) is 0 Å². The van der Waals surface area contributed by atoms with E-state index in [4.69, 9.17) is 0 Å². The summed E-state index contributed by atoms with van der Waals surface area (Å²) in [5, 5.41) is 3.69. The zero-order valence-electron chi connectivity index (χ0n) is 8.81. The predicted octanol–water partition coefficient (Wildman–Crippen LogP) is 1.96. The van der Waals surface area contributed by atoms with Gasteiger partial charge in [0.2, 0.25) is 0 Å². The van der Waals surface area contributed by atoms with Crippen LogP contribution in [0.2, 0.25) is 0 Å². The topological polar surface area (TPSA) is 15.3 Å². The number of rotatable bonds is 1. The maximum Gasteiger partial charge on any atom is 0.0683 e. The van der Waals surface area contributed by atoms with Crippen LogP contribution in [0.1, 0.15) is 45.4 Å². The Kier molecular flexibility index (Phi) is 2.89. The monoisotopic (exact) mass is 182 g/mol. The Morgan fingerprint density at radius 2 is 1.77 bits per heavy atom. The molecule has 2 heteroatoms. The van der Waals surface area contributed by atoms with Crippen molar-refractivity contribution in [2.45, 2.75) is 51.1 Å². The van der Waals surface area contributed by atoms with E-state index < -0.39 is 0 Å². The number of nitrogens with zero attached hydrogens (tertiary/aromatic N) is 1. The zero-order valence-corrected chi connectivity index (χ0v) is 8.81. The van der Waals surface area contributed by atoms with E-state index in [1.165, 1.54) is 58.2 Å². The van der Waals surface area contributed by atoms with Crippen LogP contribution in [-0.2, 0) is 0 Å². The van der Waals surface area contributed by atoms with E-state index >= 15 is 0 Å². The lowest BCUT2D eigenvalue weighted by molar-refractivity contribution is 0.0294. The lowest BCUT2D eigenvalue weighted by Crippen LogP contribution is -2.60. The fourth-order valence-electron chi connectivity index (χ4n) is 2.70. The second kappa shape index (κ2) is 3.97. The van der Waals surface area contributed by atoms with Gasteiger partial charge in [-0.25, -0.2) is 0 Å². The number of hydrogen-bond acceptors (Lipinski definition) is 2. The molecule has 2 heterocycles. The van der Waals surface area contributed by atoms with Gasteiger partial charge in [0.05, 0.1) is 5.66 Å². The average Bonchev–Trinajstić information content (AvgIpc) is 2.20. The zero-order chi connectivity index (χ0) is 9.15. The van der Waals surface area contributed by atoms with Gasteiger partial charge in [0.1, 0.15) is 0 Å². The fraction of sp³-hybridized carbons (Fsp3) is 1.00. The number of piperidine rings is 2. The van der Waals surface area contributed by atoms with Gasteiger partial charge in [0.25, 0.3) is 0 Å². The average molecular weight is 182 g/mol. The molecule has 0 bridgehead atoms. The van der Waals surface area contributed by atoms with Gasteiger partial charge in [-0.2, -0.15) is 0 Å². The van der Waals surface area contributed by atoms with Crippen molar-refractivity contribution in [2.75, 3.05) is 19.6 Å². The highest BCUT2D eigenvalue weighted by Gasteiger charge is 2.33. The summed E-state index contributed by atoms with van der Waals surface area (Å²) in [6.07, 6.45) is 8.34. The first-order valence-electron chi connectivity index (χ1n) is 5.81. The summed E-state index contributed by atoms with van der Waals surface area (Å²) in [6.45, 7) is 6.22.